The molecule has 0 spiro atoms. The summed E-state index contributed by atoms with van der Waals surface area (Å²) in [5, 5.41) is 6.07. The van der Waals surface area contributed by atoms with Crippen molar-refractivity contribution in [2.24, 2.45) is 0 Å². The Morgan fingerprint density at radius 2 is 2.33 bits per heavy atom. The van der Waals surface area contributed by atoms with Gasteiger partial charge in [0.2, 0.25) is 0 Å². The van der Waals surface area contributed by atoms with Crippen LogP contribution in [0.2, 0.25) is 0 Å². The normalized spacial score (nSPS) is 16.0. The molecule has 1 aliphatic heterocycles. The third-order valence-electron chi connectivity index (χ3n) is 2.96. The van der Waals surface area contributed by atoms with Gasteiger partial charge in [0, 0.05) is 18.2 Å². The topological polar surface area (TPSA) is 41.1 Å². The molecule has 1 aromatic carbocycles. The molecule has 1 unspecified atom stereocenters. The van der Waals surface area contributed by atoms with E-state index in [1.807, 2.05) is 19.2 Å². The fourth-order valence-electron chi connectivity index (χ4n) is 1.94. The standard InChI is InChI=1S/C12H16N2O/c1-8(13-2)6-9-4-3-5-10-11(9)7-14-12(10)15/h3-5,8,13H,6-7H2,1-2H3,(H,14,15). The zero-order chi connectivity index (χ0) is 10.8. The van der Waals surface area contributed by atoms with Crippen LogP contribution in [0.3, 0.4) is 0 Å². The molecule has 3 heteroatoms. The Morgan fingerprint density at radius 1 is 1.53 bits per heavy atom. The van der Waals surface area contributed by atoms with Gasteiger partial charge < -0.3 is 10.6 Å². The van der Waals surface area contributed by atoms with Gasteiger partial charge in [0.1, 0.15) is 0 Å². The zero-order valence-electron chi connectivity index (χ0n) is 9.13. The highest BCUT2D eigenvalue weighted by Crippen LogP contribution is 2.20. The molecule has 0 aromatic heterocycles. The van der Waals surface area contributed by atoms with Crippen LogP contribution in [-0.4, -0.2) is 19.0 Å². The van der Waals surface area contributed by atoms with E-state index in [1.54, 1.807) is 0 Å². The first-order valence-electron chi connectivity index (χ1n) is 5.28. The van der Waals surface area contributed by atoms with Crippen molar-refractivity contribution in [3.05, 3.63) is 34.9 Å². The Balaban J connectivity index is 2.30. The Labute approximate surface area is 89.9 Å². The number of carbonyl (C=O) groups excluding carboxylic acids is 1. The monoisotopic (exact) mass is 204 g/mol. The van der Waals surface area contributed by atoms with Gasteiger partial charge in [-0.25, -0.2) is 0 Å². The van der Waals surface area contributed by atoms with Gasteiger partial charge in [0.05, 0.1) is 0 Å². The number of benzene rings is 1. The van der Waals surface area contributed by atoms with Gasteiger partial charge in [-0.15, -0.1) is 0 Å². The van der Waals surface area contributed by atoms with E-state index in [4.69, 9.17) is 0 Å². The van der Waals surface area contributed by atoms with Crippen molar-refractivity contribution in [1.29, 1.82) is 0 Å². The molecule has 0 saturated heterocycles. The van der Waals surface area contributed by atoms with Crippen LogP contribution in [0.25, 0.3) is 0 Å². The van der Waals surface area contributed by atoms with Gasteiger partial charge in [0.15, 0.2) is 0 Å². The lowest BCUT2D eigenvalue weighted by Gasteiger charge is -2.12. The average Bonchev–Trinajstić information content (AvgIpc) is 2.62. The van der Waals surface area contributed by atoms with Gasteiger partial charge in [0.25, 0.3) is 5.91 Å². The molecule has 1 aliphatic rings. The molecule has 1 amide bonds. The van der Waals surface area contributed by atoms with E-state index in [2.05, 4.69) is 23.6 Å². The molecule has 0 radical (unpaired) electrons. The number of amides is 1. The van der Waals surface area contributed by atoms with E-state index < -0.39 is 0 Å². The average molecular weight is 204 g/mol. The Kier molecular flexibility index (Phi) is 2.73. The molecular weight excluding hydrogens is 188 g/mol. The first kappa shape index (κ1) is 10.2. The Bertz CT molecular complexity index is 387. The fourth-order valence-corrected chi connectivity index (χ4v) is 1.94. The minimum Gasteiger partial charge on any atom is -0.348 e. The molecule has 0 bridgehead atoms. The van der Waals surface area contributed by atoms with Crippen molar-refractivity contribution < 1.29 is 4.79 Å². The van der Waals surface area contributed by atoms with Crippen molar-refractivity contribution in [2.45, 2.75) is 25.9 Å². The lowest BCUT2D eigenvalue weighted by atomic mass is 9.98. The number of likely N-dealkylation sites (N-methyl/N-ethyl adjacent to an activating group) is 1. The van der Waals surface area contributed by atoms with Crippen LogP contribution in [0.4, 0.5) is 0 Å². The molecule has 0 fully saturated rings. The number of hydrogen-bond donors (Lipinski definition) is 2. The van der Waals surface area contributed by atoms with E-state index in [9.17, 15) is 4.79 Å². The highest BCUT2D eigenvalue weighted by atomic mass is 16.1. The maximum Gasteiger partial charge on any atom is 0.251 e. The van der Waals surface area contributed by atoms with Gasteiger partial charge in [-0.1, -0.05) is 12.1 Å². The summed E-state index contributed by atoms with van der Waals surface area (Å²) in [5.41, 5.74) is 3.29. The molecule has 15 heavy (non-hydrogen) atoms. The Morgan fingerprint density at radius 3 is 3.07 bits per heavy atom. The van der Waals surface area contributed by atoms with Crippen LogP contribution in [0.5, 0.6) is 0 Å². The quantitative estimate of drug-likeness (QED) is 0.773. The van der Waals surface area contributed by atoms with Gasteiger partial charge >= 0.3 is 0 Å². The molecular formula is C12H16N2O. The third kappa shape index (κ3) is 1.88. The molecule has 0 aliphatic carbocycles. The third-order valence-corrected chi connectivity index (χ3v) is 2.96. The second-order valence-electron chi connectivity index (χ2n) is 4.02. The number of hydrogen-bond acceptors (Lipinski definition) is 2. The van der Waals surface area contributed by atoms with Crippen molar-refractivity contribution in [2.75, 3.05) is 7.05 Å². The largest absolute Gasteiger partial charge is 0.348 e. The summed E-state index contributed by atoms with van der Waals surface area (Å²) in [7, 11) is 1.96. The molecule has 1 heterocycles. The first-order valence-corrected chi connectivity index (χ1v) is 5.28. The SMILES string of the molecule is CNC(C)Cc1cccc2c1CNC2=O. The predicted octanol–water partition coefficient (Wildman–Crippen LogP) is 1.08. The lowest BCUT2D eigenvalue weighted by molar-refractivity contribution is 0.0966. The van der Waals surface area contributed by atoms with Crippen LogP contribution in [0.15, 0.2) is 18.2 Å². The van der Waals surface area contributed by atoms with E-state index in [-0.39, 0.29) is 5.91 Å². The van der Waals surface area contributed by atoms with Crippen molar-refractivity contribution >= 4 is 5.91 Å². The van der Waals surface area contributed by atoms with Crippen LogP contribution in [0.1, 0.15) is 28.4 Å². The maximum absolute atomic E-state index is 11.4. The maximum atomic E-state index is 11.4. The number of fused-ring (bicyclic) bond motifs is 1. The molecule has 2 rings (SSSR count). The molecule has 0 saturated carbocycles. The summed E-state index contributed by atoms with van der Waals surface area (Å²) in [6, 6.07) is 6.40. The smallest absolute Gasteiger partial charge is 0.251 e. The van der Waals surface area contributed by atoms with E-state index in [1.165, 1.54) is 11.1 Å². The molecule has 1 atom stereocenters. The second-order valence-corrected chi connectivity index (χ2v) is 4.02. The summed E-state index contributed by atoms with van der Waals surface area (Å²) >= 11 is 0. The van der Waals surface area contributed by atoms with E-state index >= 15 is 0 Å². The number of nitrogens with one attached hydrogen (secondary N) is 2. The molecule has 1 aromatic rings. The van der Waals surface area contributed by atoms with Crippen LogP contribution < -0.4 is 10.6 Å². The van der Waals surface area contributed by atoms with Gasteiger partial charge in [-0.3, -0.25) is 4.79 Å². The highest BCUT2D eigenvalue weighted by Gasteiger charge is 2.21. The van der Waals surface area contributed by atoms with E-state index in [0.717, 1.165) is 12.0 Å². The van der Waals surface area contributed by atoms with Crippen molar-refractivity contribution in [3.8, 4) is 0 Å². The van der Waals surface area contributed by atoms with Crippen LogP contribution in [-0.2, 0) is 13.0 Å². The number of rotatable bonds is 3. The summed E-state index contributed by atoms with van der Waals surface area (Å²) < 4.78 is 0. The summed E-state index contributed by atoms with van der Waals surface area (Å²) in [5.74, 6) is 0.0592. The summed E-state index contributed by atoms with van der Waals surface area (Å²) in [6.07, 6.45) is 0.967. The van der Waals surface area contributed by atoms with Crippen LogP contribution >= 0.6 is 0 Å². The molecule has 80 valence electrons. The number of carbonyl (C=O) groups is 1. The summed E-state index contributed by atoms with van der Waals surface area (Å²) in [6.45, 7) is 2.82. The minimum absolute atomic E-state index is 0.0592. The van der Waals surface area contributed by atoms with E-state index in [0.29, 0.717) is 12.6 Å². The van der Waals surface area contributed by atoms with Crippen molar-refractivity contribution in [3.63, 3.8) is 0 Å². The molecule has 2 N–H and O–H groups in total. The highest BCUT2D eigenvalue weighted by molar-refractivity contribution is 5.98. The van der Waals surface area contributed by atoms with Crippen LogP contribution in [0, 0.1) is 0 Å². The van der Waals surface area contributed by atoms with Crippen molar-refractivity contribution in [1.82, 2.24) is 10.6 Å². The lowest BCUT2D eigenvalue weighted by Crippen LogP contribution is -2.24. The second kappa shape index (κ2) is 4.03. The Hall–Kier alpha value is -1.35. The fraction of sp³-hybridized carbons (Fsp3) is 0.417. The summed E-state index contributed by atoms with van der Waals surface area (Å²) in [4.78, 5) is 11.4. The predicted molar refractivity (Wildman–Crippen MR) is 59.8 cm³/mol. The minimum atomic E-state index is 0.0592. The molecule has 3 nitrogen and oxygen atoms in total. The zero-order valence-corrected chi connectivity index (χ0v) is 9.13. The van der Waals surface area contributed by atoms with Gasteiger partial charge in [-0.05, 0) is 37.6 Å². The van der Waals surface area contributed by atoms with Gasteiger partial charge in [-0.2, -0.15) is 0 Å². The first-order chi connectivity index (χ1) is 7.22.